The average Bonchev–Trinajstić information content (AvgIpc) is 3.19. The van der Waals surface area contributed by atoms with Crippen LogP contribution < -0.4 is 14.8 Å². The van der Waals surface area contributed by atoms with Crippen molar-refractivity contribution in [2.45, 2.75) is 38.1 Å². The molecule has 2 amide bonds. The molecule has 144 valence electrons. The van der Waals surface area contributed by atoms with Gasteiger partial charge in [-0.25, -0.2) is 4.79 Å². The molecule has 0 aromatic heterocycles. The summed E-state index contributed by atoms with van der Waals surface area (Å²) in [6.07, 6.45) is 5.73. The molecule has 0 spiro atoms. The fraction of sp³-hybridized carbons (Fsp3) is 0.650. The van der Waals surface area contributed by atoms with Crippen molar-refractivity contribution in [1.29, 1.82) is 0 Å². The maximum absolute atomic E-state index is 12.3. The van der Waals surface area contributed by atoms with Crippen molar-refractivity contribution in [2.75, 3.05) is 46.9 Å². The van der Waals surface area contributed by atoms with Gasteiger partial charge in [0.05, 0.1) is 14.2 Å². The van der Waals surface area contributed by atoms with E-state index in [-0.39, 0.29) is 6.03 Å². The van der Waals surface area contributed by atoms with Crippen LogP contribution in [0.3, 0.4) is 0 Å². The maximum Gasteiger partial charge on any atom is 0.317 e. The van der Waals surface area contributed by atoms with Crippen molar-refractivity contribution < 1.29 is 14.3 Å². The van der Waals surface area contributed by atoms with Gasteiger partial charge in [-0.1, -0.05) is 18.9 Å². The van der Waals surface area contributed by atoms with Crippen molar-refractivity contribution in [3.63, 3.8) is 0 Å². The summed E-state index contributed by atoms with van der Waals surface area (Å²) in [6, 6.07) is 6.61. The largest absolute Gasteiger partial charge is 0.493 e. The van der Waals surface area contributed by atoms with Gasteiger partial charge in [-0.2, -0.15) is 0 Å². The Hall–Kier alpha value is -1.95. The number of amides is 2. The Bertz CT molecular complexity index is 594. The highest BCUT2D eigenvalue weighted by Gasteiger charge is 2.24. The molecule has 1 aliphatic carbocycles. The summed E-state index contributed by atoms with van der Waals surface area (Å²) >= 11 is 0. The highest BCUT2D eigenvalue weighted by Crippen LogP contribution is 2.27. The van der Waals surface area contributed by atoms with E-state index in [1.807, 2.05) is 17.0 Å². The maximum atomic E-state index is 12.3. The number of methoxy groups -OCH3 is 2. The summed E-state index contributed by atoms with van der Waals surface area (Å²) < 4.78 is 10.7. The lowest BCUT2D eigenvalue weighted by Gasteiger charge is -2.35. The summed E-state index contributed by atoms with van der Waals surface area (Å²) in [5.41, 5.74) is 1.24. The lowest BCUT2D eigenvalue weighted by Crippen LogP contribution is -2.53. The van der Waals surface area contributed by atoms with Crippen LogP contribution in [0.1, 0.15) is 31.2 Å². The van der Waals surface area contributed by atoms with E-state index < -0.39 is 0 Å². The number of piperazine rings is 1. The Kier molecular flexibility index (Phi) is 6.61. The number of rotatable bonds is 6. The predicted molar refractivity (Wildman–Crippen MR) is 102 cm³/mol. The Morgan fingerprint density at radius 2 is 1.77 bits per heavy atom. The molecule has 6 heteroatoms. The highest BCUT2D eigenvalue weighted by atomic mass is 16.5. The summed E-state index contributed by atoms with van der Waals surface area (Å²) in [4.78, 5) is 16.7. The first-order chi connectivity index (χ1) is 12.7. The van der Waals surface area contributed by atoms with Crippen molar-refractivity contribution in [1.82, 2.24) is 15.1 Å². The Balaban J connectivity index is 1.42. The molecular weight excluding hydrogens is 330 g/mol. The van der Waals surface area contributed by atoms with E-state index >= 15 is 0 Å². The molecule has 1 saturated heterocycles. The minimum Gasteiger partial charge on any atom is -0.493 e. The third-order valence-electron chi connectivity index (χ3n) is 5.51. The zero-order chi connectivity index (χ0) is 18.4. The predicted octanol–water partition coefficient (Wildman–Crippen LogP) is 2.52. The van der Waals surface area contributed by atoms with E-state index in [0.717, 1.165) is 63.5 Å². The Morgan fingerprint density at radius 1 is 1.08 bits per heavy atom. The molecule has 26 heavy (non-hydrogen) atoms. The van der Waals surface area contributed by atoms with Crippen LogP contribution in [-0.4, -0.2) is 68.8 Å². The first kappa shape index (κ1) is 18.8. The van der Waals surface area contributed by atoms with Gasteiger partial charge in [0.2, 0.25) is 0 Å². The topological polar surface area (TPSA) is 54.0 Å². The number of urea groups is 1. The standard InChI is InChI=1S/C20H31N3O3/c1-25-18-8-7-16(15-19(18)26-2)9-10-22-11-13-23(14-12-22)20(24)21-17-5-3-4-6-17/h7-8,15,17H,3-6,9-14H2,1-2H3,(H,21,24). The first-order valence-corrected chi connectivity index (χ1v) is 9.68. The second-order valence-corrected chi connectivity index (χ2v) is 7.20. The van der Waals surface area contributed by atoms with Crippen LogP contribution in [0.5, 0.6) is 11.5 Å². The zero-order valence-electron chi connectivity index (χ0n) is 16.0. The molecular formula is C20H31N3O3. The van der Waals surface area contributed by atoms with Crippen molar-refractivity contribution in [2.24, 2.45) is 0 Å². The lowest BCUT2D eigenvalue weighted by molar-refractivity contribution is 0.138. The Morgan fingerprint density at radius 3 is 2.42 bits per heavy atom. The van der Waals surface area contributed by atoms with Crippen LogP contribution in [0.4, 0.5) is 4.79 Å². The number of hydrogen-bond acceptors (Lipinski definition) is 4. The summed E-state index contributed by atoms with van der Waals surface area (Å²) in [5, 5.41) is 3.19. The van der Waals surface area contributed by atoms with Gasteiger partial charge >= 0.3 is 6.03 Å². The minimum absolute atomic E-state index is 0.122. The van der Waals surface area contributed by atoms with Crippen molar-refractivity contribution in [3.8, 4) is 11.5 Å². The average molecular weight is 361 g/mol. The molecule has 1 saturated carbocycles. The SMILES string of the molecule is COc1ccc(CCN2CCN(C(=O)NC3CCCC3)CC2)cc1OC. The van der Waals surface area contributed by atoms with Gasteiger partial charge < -0.3 is 19.7 Å². The van der Waals surface area contributed by atoms with Gasteiger partial charge in [0.1, 0.15) is 0 Å². The fourth-order valence-electron chi connectivity index (χ4n) is 3.83. The van der Waals surface area contributed by atoms with E-state index in [2.05, 4.69) is 16.3 Å². The summed E-state index contributed by atoms with van der Waals surface area (Å²) in [6.45, 7) is 4.49. The third kappa shape index (κ3) is 4.81. The van der Waals surface area contributed by atoms with Gasteiger partial charge in [-0.3, -0.25) is 4.90 Å². The van der Waals surface area contributed by atoms with Crippen molar-refractivity contribution in [3.05, 3.63) is 23.8 Å². The second-order valence-electron chi connectivity index (χ2n) is 7.20. The van der Waals surface area contributed by atoms with Crippen LogP contribution >= 0.6 is 0 Å². The van der Waals surface area contributed by atoms with E-state index in [4.69, 9.17) is 9.47 Å². The number of nitrogens with zero attached hydrogens (tertiary/aromatic N) is 2. The molecule has 0 atom stereocenters. The molecule has 0 bridgehead atoms. The molecule has 1 heterocycles. The molecule has 2 fully saturated rings. The zero-order valence-corrected chi connectivity index (χ0v) is 16.0. The number of benzene rings is 1. The van der Waals surface area contributed by atoms with E-state index in [0.29, 0.717) is 6.04 Å². The molecule has 3 rings (SSSR count). The van der Waals surface area contributed by atoms with Crippen molar-refractivity contribution >= 4 is 6.03 Å². The van der Waals surface area contributed by atoms with Crippen LogP contribution in [0, 0.1) is 0 Å². The van der Waals surface area contributed by atoms with Crippen LogP contribution in [-0.2, 0) is 6.42 Å². The number of hydrogen-bond donors (Lipinski definition) is 1. The summed E-state index contributed by atoms with van der Waals surface area (Å²) in [5.74, 6) is 1.54. The van der Waals surface area contributed by atoms with Gasteiger partial charge in [-0.15, -0.1) is 0 Å². The molecule has 2 aliphatic rings. The van der Waals surface area contributed by atoms with E-state index in [1.54, 1.807) is 14.2 Å². The minimum atomic E-state index is 0.122. The van der Waals surface area contributed by atoms with Gasteiger partial charge in [0, 0.05) is 38.8 Å². The van der Waals surface area contributed by atoms with Gasteiger partial charge in [0.15, 0.2) is 11.5 Å². The molecule has 1 aliphatic heterocycles. The quantitative estimate of drug-likeness (QED) is 0.846. The van der Waals surface area contributed by atoms with E-state index in [1.165, 1.54) is 18.4 Å². The monoisotopic (exact) mass is 361 g/mol. The second kappa shape index (κ2) is 9.12. The molecule has 0 radical (unpaired) electrons. The van der Waals surface area contributed by atoms with Crippen LogP contribution in [0.2, 0.25) is 0 Å². The lowest BCUT2D eigenvalue weighted by atomic mass is 10.1. The molecule has 0 unspecified atom stereocenters. The van der Waals surface area contributed by atoms with E-state index in [9.17, 15) is 4.79 Å². The van der Waals surface area contributed by atoms with Gasteiger partial charge in [0.25, 0.3) is 0 Å². The fourth-order valence-corrected chi connectivity index (χ4v) is 3.83. The number of ether oxygens (including phenoxy) is 2. The molecule has 1 aromatic rings. The summed E-state index contributed by atoms with van der Waals surface area (Å²) in [7, 11) is 3.32. The number of carbonyl (C=O) groups is 1. The van der Waals surface area contributed by atoms with Crippen LogP contribution in [0.15, 0.2) is 18.2 Å². The van der Waals surface area contributed by atoms with Crippen LogP contribution in [0.25, 0.3) is 0 Å². The highest BCUT2D eigenvalue weighted by molar-refractivity contribution is 5.74. The number of carbonyl (C=O) groups excluding carboxylic acids is 1. The molecule has 1 aromatic carbocycles. The Labute approximate surface area is 156 Å². The number of nitrogens with one attached hydrogen (secondary N) is 1. The normalized spacial score (nSPS) is 18.8. The molecule has 6 nitrogen and oxygen atoms in total. The first-order valence-electron chi connectivity index (χ1n) is 9.68. The third-order valence-corrected chi connectivity index (χ3v) is 5.51. The molecule has 1 N–H and O–H groups in total. The van der Waals surface area contributed by atoms with Gasteiger partial charge in [-0.05, 0) is 37.0 Å². The smallest absolute Gasteiger partial charge is 0.317 e.